The summed E-state index contributed by atoms with van der Waals surface area (Å²) in [5.74, 6) is 0. The zero-order valence-electron chi connectivity index (χ0n) is 15.1. The van der Waals surface area contributed by atoms with Crippen LogP contribution in [0.2, 0.25) is 0 Å². The van der Waals surface area contributed by atoms with Gasteiger partial charge in [-0.3, -0.25) is 20.2 Å². The molecule has 8 nitrogen and oxygen atoms in total. The number of nitrogen functional groups attached to an aromatic ring is 2. The largest absolute Gasteiger partial charge is 0.393 e. The molecule has 2 aromatic rings. The van der Waals surface area contributed by atoms with E-state index in [2.05, 4.69) is 0 Å². The molecule has 0 aliphatic rings. The lowest BCUT2D eigenvalue weighted by atomic mass is 10.1. The first-order valence-corrected chi connectivity index (χ1v) is 9.45. The van der Waals surface area contributed by atoms with Crippen LogP contribution in [0.3, 0.4) is 0 Å². The van der Waals surface area contributed by atoms with Gasteiger partial charge < -0.3 is 11.5 Å². The molecule has 2 atom stereocenters. The summed E-state index contributed by atoms with van der Waals surface area (Å²) in [6.07, 6.45) is 1.50. The summed E-state index contributed by atoms with van der Waals surface area (Å²) in [5, 5.41) is 22.3. The number of nitro groups is 2. The van der Waals surface area contributed by atoms with Crippen molar-refractivity contribution in [2.45, 2.75) is 37.2 Å². The first-order valence-electron chi connectivity index (χ1n) is 8.51. The molecule has 0 aliphatic carbocycles. The topological polar surface area (TPSA) is 138 Å². The molecule has 9 heteroatoms. The van der Waals surface area contributed by atoms with Crippen molar-refractivity contribution < 1.29 is 9.85 Å². The van der Waals surface area contributed by atoms with Gasteiger partial charge in [0.15, 0.2) is 0 Å². The Labute approximate surface area is 161 Å². The van der Waals surface area contributed by atoms with Gasteiger partial charge in [-0.2, -0.15) is 0 Å². The van der Waals surface area contributed by atoms with Crippen LogP contribution in [0.5, 0.6) is 0 Å². The summed E-state index contributed by atoms with van der Waals surface area (Å²) >= 11 is 1.62. The molecule has 0 saturated heterocycles. The van der Waals surface area contributed by atoms with Crippen LogP contribution in [0.4, 0.5) is 22.7 Å². The number of anilines is 2. The molecule has 0 spiro atoms. The monoisotopic (exact) mass is 390 g/mol. The fourth-order valence-corrected chi connectivity index (χ4v) is 4.25. The molecule has 0 aromatic heterocycles. The predicted octanol–water partition coefficient (Wildman–Crippen LogP) is 5.00. The van der Waals surface area contributed by atoms with Crippen LogP contribution in [0.15, 0.2) is 36.4 Å². The van der Waals surface area contributed by atoms with Crippen LogP contribution in [-0.2, 0) is 0 Å². The van der Waals surface area contributed by atoms with Crippen molar-refractivity contribution in [3.05, 3.63) is 67.8 Å². The number of thioether (sulfide) groups is 1. The molecule has 0 heterocycles. The number of rotatable bonds is 8. The van der Waals surface area contributed by atoms with E-state index in [0.29, 0.717) is 0 Å². The average Bonchev–Trinajstić information content (AvgIpc) is 2.63. The fourth-order valence-electron chi connectivity index (χ4n) is 2.86. The predicted molar refractivity (Wildman–Crippen MR) is 109 cm³/mol. The van der Waals surface area contributed by atoms with E-state index in [1.807, 2.05) is 13.8 Å². The minimum Gasteiger partial charge on any atom is -0.393 e. The lowest BCUT2D eigenvalue weighted by molar-refractivity contribution is -0.384. The molecule has 0 radical (unpaired) electrons. The Morgan fingerprint density at radius 3 is 1.52 bits per heavy atom. The Bertz CT molecular complexity index is 790. The number of hydrogen-bond donors (Lipinski definition) is 2. The lowest BCUT2D eigenvalue weighted by Crippen LogP contribution is -2.03. The molecule has 2 unspecified atom stereocenters. The maximum absolute atomic E-state index is 11.2. The third-order valence-electron chi connectivity index (χ3n) is 4.32. The minimum atomic E-state index is -0.489. The van der Waals surface area contributed by atoms with Gasteiger partial charge in [0.1, 0.15) is 11.4 Å². The summed E-state index contributed by atoms with van der Waals surface area (Å²) in [5.41, 5.74) is 13.0. The number of nitro benzene ring substituents is 2. The standard InChI is InChI=1S/C18H22N4O4S/c1-3-17(11-5-7-13(19)15(9-11)21(23)24)27-18(4-2)12-6-8-14(20)16(10-12)22(25)26/h5-10,17-18H,3-4,19-20H2,1-2H3. The van der Waals surface area contributed by atoms with Crippen molar-refractivity contribution >= 4 is 34.5 Å². The maximum Gasteiger partial charge on any atom is 0.292 e. The Hall–Kier alpha value is -2.81. The van der Waals surface area contributed by atoms with E-state index in [-0.39, 0.29) is 33.2 Å². The third-order valence-corrected chi connectivity index (χ3v) is 6.18. The summed E-state index contributed by atoms with van der Waals surface area (Å²) in [4.78, 5) is 21.3. The van der Waals surface area contributed by atoms with Gasteiger partial charge in [0.2, 0.25) is 0 Å². The number of benzene rings is 2. The maximum atomic E-state index is 11.2. The zero-order valence-corrected chi connectivity index (χ0v) is 15.9. The van der Waals surface area contributed by atoms with Crippen LogP contribution in [0.1, 0.15) is 48.3 Å². The highest BCUT2D eigenvalue weighted by Crippen LogP contribution is 2.46. The second-order valence-corrected chi connectivity index (χ2v) is 7.49. The van der Waals surface area contributed by atoms with E-state index in [0.717, 1.165) is 24.0 Å². The molecule has 0 amide bonds. The highest BCUT2D eigenvalue weighted by molar-refractivity contribution is 7.99. The van der Waals surface area contributed by atoms with Gasteiger partial charge in [-0.05, 0) is 36.1 Å². The highest BCUT2D eigenvalue weighted by Gasteiger charge is 2.23. The Morgan fingerprint density at radius 1 is 0.852 bits per heavy atom. The molecular weight excluding hydrogens is 368 g/mol. The molecule has 2 rings (SSSR count). The smallest absolute Gasteiger partial charge is 0.292 e. The summed E-state index contributed by atoms with van der Waals surface area (Å²) in [6.45, 7) is 4.00. The molecule has 0 bridgehead atoms. The molecule has 27 heavy (non-hydrogen) atoms. The zero-order chi connectivity index (χ0) is 20.1. The van der Waals surface area contributed by atoms with Crippen LogP contribution in [0, 0.1) is 20.2 Å². The Balaban J connectivity index is 2.33. The number of hydrogen-bond acceptors (Lipinski definition) is 7. The van der Waals surface area contributed by atoms with Gasteiger partial charge >= 0.3 is 0 Å². The first kappa shape index (κ1) is 20.5. The van der Waals surface area contributed by atoms with E-state index >= 15 is 0 Å². The highest BCUT2D eigenvalue weighted by atomic mass is 32.2. The number of nitrogens with two attached hydrogens (primary N) is 2. The van der Waals surface area contributed by atoms with E-state index in [1.54, 1.807) is 36.0 Å². The second-order valence-electron chi connectivity index (χ2n) is 6.08. The molecule has 0 fully saturated rings. The van der Waals surface area contributed by atoms with Gasteiger partial charge in [0, 0.05) is 22.6 Å². The summed E-state index contributed by atoms with van der Waals surface area (Å²) < 4.78 is 0. The molecule has 144 valence electrons. The molecule has 0 saturated carbocycles. The second kappa shape index (κ2) is 8.72. The van der Waals surface area contributed by atoms with Crippen molar-refractivity contribution in [1.82, 2.24) is 0 Å². The molecular formula is C18H22N4O4S. The van der Waals surface area contributed by atoms with E-state index in [9.17, 15) is 20.2 Å². The minimum absolute atomic E-state index is 0.00846. The van der Waals surface area contributed by atoms with Crippen LogP contribution >= 0.6 is 11.8 Å². The van der Waals surface area contributed by atoms with Gasteiger partial charge in [-0.25, -0.2) is 0 Å². The fraction of sp³-hybridized carbons (Fsp3) is 0.333. The average molecular weight is 390 g/mol. The molecule has 2 aromatic carbocycles. The van der Waals surface area contributed by atoms with Crippen LogP contribution < -0.4 is 11.5 Å². The van der Waals surface area contributed by atoms with Gasteiger partial charge in [-0.15, -0.1) is 11.8 Å². The summed E-state index contributed by atoms with van der Waals surface area (Å²) in [6, 6.07) is 9.70. The Kier molecular flexibility index (Phi) is 6.62. The van der Waals surface area contributed by atoms with Crippen LogP contribution in [-0.4, -0.2) is 9.85 Å². The number of nitrogens with zero attached hydrogens (tertiary/aromatic N) is 2. The van der Waals surface area contributed by atoms with Crippen molar-refractivity contribution in [1.29, 1.82) is 0 Å². The molecule has 0 aliphatic heterocycles. The summed E-state index contributed by atoms with van der Waals surface area (Å²) in [7, 11) is 0. The van der Waals surface area contributed by atoms with Crippen LogP contribution in [0.25, 0.3) is 0 Å². The van der Waals surface area contributed by atoms with E-state index < -0.39 is 9.85 Å². The van der Waals surface area contributed by atoms with Crippen molar-refractivity contribution in [2.75, 3.05) is 11.5 Å². The van der Waals surface area contributed by atoms with Crippen molar-refractivity contribution in [2.24, 2.45) is 0 Å². The third kappa shape index (κ3) is 4.68. The van der Waals surface area contributed by atoms with E-state index in [4.69, 9.17) is 11.5 Å². The van der Waals surface area contributed by atoms with Crippen molar-refractivity contribution in [3.8, 4) is 0 Å². The molecule has 4 N–H and O–H groups in total. The van der Waals surface area contributed by atoms with E-state index in [1.165, 1.54) is 12.1 Å². The Morgan fingerprint density at radius 2 is 1.22 bits per heavy atom. The lowest BCUT2D eigenvalue weighted by Gasteiger charge is -2.22. The SMILES string of the molecule is CCC(SC(CC)c1ccc(N)c([N+](=O)[O-])c1)c1ccc(N)c([N+](=O)[O-])c1. The van der Waals surface area contributed by atoms with Gasteiger partial charge in [-0.1, -0.05) is 26.0 Å². The van der Waals surface area contributed by atoms with Crippen molar-refractivity contribution in [3.63, 3.8) is 0 Å². The normalized spacial score (nSPS) is 13.1. The van der Waals surface area contributed by atoms with Gasteiger partial charge in [0.25, 0.3) is 11.4 Å². The quantitative estimate of drug-likeness (QED) is 0.367. The first-order chi connectivity index (χ1) is 12.8. The van der Waals surface area contributed by atoms with Gasteiger partial charge in [0.05, 0.1) is 9.85 Å².